The molecule has 0 aliphatic carbocycles. The summed E-state index contributed by atoms with van der Waals surface area (Å²) in [4.78, 5) is 35.2. The van der Waals surface area contributed by atoms with E-state index in [1.807, 2.05) is 6.92 Å². The summed E-state index contributed by atoms with van der Waals surface area (Å²) in [5.74, 6) is -1.05. The van der Waals surface area contributed by atoms with Gasteiger partial charge in [0.1, 0.15) is 11.6 Å². The van der Waals surface area contributed by atoms with E-state index in [1.54, 1.807) is 23.4 Å². The van der Waals surface area contributed by atoms with Crippen LogP contribution in [0.15, 0.2) is 53.6 Å². The van der Waals surface area contributed by atoms with Crippen LogP contribution >= 0.6 is 0 Å². The number of benzene rings is 2. The summed E-state index contributed by atoms with van der Waals surface area (Å²) >= 11 is 0. The zero-order valence-electron chi connectivity index (χ0n) is 18.9. The number of hydrogen-bond acceptors (Lipinski definition) is 6. The maximum absolute atomic E-state index is 14.7. The van der Waals surface area contributed by atoms with E-state index in [0.29, 0.717) is 42.1 Å². The number of nitrogens with zero attached hydrogens (tertiary/aromatic N) is 4. The molecule has 2 aromatic heterocycles. The summed E-state index contributed by atoms with van der Waals surface area (Å²) in [6, 6.07) is 8.19. The van der Waals surface area contributed by atoms with Gasteiger partial charge in [-0.25, -0.2) is 23.8 Å². The number of nitrogens with one attached hydrogen (secondary N) is 2. The molecule has 1 aliphatic heterocycles. The molecular formula is C25H22F2N6O2. The smallest absolute Gasteiger partial charge is 0.272 e. The number of halogens is 2. The van der Waals surface area contributed by atoms with Crippen LogP contribution in [0.2, 0.25) is 0 Å². The van der Waals surface area contributed by atoms with Gasteiger partial charge in [-0.2, -0.15) is 5.10 Å². The highest BCUT2D eigenvalue weighted by Crippen LogP contribution is 2.22. The fourth-order valence-electron chi connectivity index (χ4n) is 4.25. The molecule has 0 radical (unpaired) electrons. The monoisotopic (exact) mass is 476 g/mol. The van der Waals surface area contributed by atoms with E-state index in [0.717, 1.165) is 11.6 Å². The first-order valence-corrected chi connectivity index (χ1v) is 11.2. The van der Waals surface area contributed by atoms with Gasteiger partial charge in [0.2, 0.25) is 5.95 Å². The molecular weight excluding hydrogens is 454 g/mol. The SMILES string of the molecule is Cc1cnc(N[C@@H]2CCN(C(=O)c3cc(Cc4n[nH]c(=O)c5cc(F)ccc45)ccc3F)C2)nc1. The molecule has 0 unspecified atom stereocenters. The third-order valence-electron chi connectivity index (χ3n) is 6.05. The number of anilines is 1. The number of likely N-dealkylation sites (tertiary alicyclic amines) is 1. The van der Waals surface area contributed by atoms with Crippen LogP contribution in [0.3, 0.4) is 0 Å². The van der Waals surface area contributed by atoms with E-state index in [9.17, 15) is 18.4 Å². The Kier molecular flexibility index (Phi) is 5.94. The van der Waals surface area contributed by atoms with Gasteiger partial charge in [-0.05, 0) is 54.8 Å². The average Bonchev–Trinajstić information content (AvgIpc) is 3.32. The minimum absolute atomic E-state index is 0.0329. The highest BCUT2D eigenvalue weighted by molar-refractivity contribution is 5.95. The number of hydrogen-bond donors (Lipinski definition) is 2. The maximum Gasteiger partial charge on any atom is 0.272 e. The first-order chi connectivity index (χ1) is 16.9. The quantitative estimate of drug-likeness (QED) is 0.459. The van der Waals surface area contributed by atoms with E-state index < -0.39 is 23.1 Å². The third-order valence-corrected chi connectivity index (χ3v) is 6.05. The highest BCUT2D eigenvalue weighted by atomic mass is 19.1. The normalized spacial score (nSPS) is 15.5. The molecule has 0 bridgehead atoms. The summed E-state index contributed by atoms with van der Waals surface area (Å²) in [5, 5.41) is 10.4. The first kappa shape index (κ1) is 22.6. The molecule has 1 aliphatic rings. The number of aromatic amines is 1. The predicted molar refractivity (Wildman–Crippen MR) is 126 cm³/mol. The lowest BCUT2D eigenvalue weighted by Crippen LogP contribution is -2.32. The zero-order valence-corrected chi connectivity index (χ0v) is 18.9. The highest BCUT2D eigenvalue weighted by Gasteiger charge is 2.29. The fourth-order valence-corrected chi connectivity index (χ4v) is 4.25. The molecule has 10 heteroatoms. The Morgan fingerprint density at radius 1 is 1.14 bits per heavy atom. The van der Waals surface area contributed by atoms with E-state index in [4.69, 9.17) is 0 Å². The second-order valence-electron chi connectivity index (χ2n) is 8.65. The van der Waals surface area contributed by atoms with E-state index in [2.05, 4.69) is 25.5 Å². The van der Waals surface area contributed by atoms with Gasteiger partial charge in [-0.1, -0.05) is 6.07 Å². The standard InChI is InChI=1S/C25H22F2N6O2/c1-14-11-28-25(29-12-14)30-17-6-7-33(13-17)24(35)20-8-15(2-5-21(20)27)9-22-18-4-3-16(26)10-19(18)23(34)32-31-22/h2-5,8,10-12,17H,6-7,9,13H2,1H3,(H,32,34)(H,28,29,30)/t17-/m1/s1. The van der Waals surface area contributed by atoms with Crippen molar-refractivity contribution in [2.45, 2.75) is 25.8 Å². The Balaban J connectivity index is 1.34. The van der Waals surface area contributed by atoms with Gasteiger partial charge in [-0.15, -0.1) is 0 Å². The van der Waals surface area contributed by atoms with Gasteiger partial charge in [0.15, 0.2) is 0 Å². The molecule has 5 rings (SSSR count). The van der Waals surface area contributed by atoms with Crippen LogP contribution < -0.4 is 10.9 Å². The van der Waals surface area contributed by atoms with Crippen LogP contribution in [-0.4, -0.2) is 50.1 Å². The van der Waals surface area contributed by atoms with Crippen molar-refractivity contribution in [1.29, 1.82) is 0 Å². The molecule has 0 saturated carbocycles. The molecule has 1 atom stereocenters. The van der Waals surface area contributed by atoms with Gasteiger partial charge in [0.05, 0.1) is 16.6 Å². The second-order valence-corrected chi connectivity index (χ2v) is 8.65. The first-order valence-electron chi connectivity index (χ1n) is 11.2. The molecule has 0 spiro atoms. The summed E-state index contributed by atoms with van der Waals surface area (Å²) < 4.78 is 28.3. The Hall–Kier alpha value is -4.21. The Morgan fingerprint density at radius 3 is 2.74 bits per heavy atom. The lowest BCUT2D eigenvalue weighted by molar-refractivity contribution is 0.0787. The number of aryl methyl sites for hydroxylation is 1. The molecule has 35 heavy (non-hydrogen) atoms. The van der Waals surface area contributed by atoms with Gasteiger partial charge >= 0.3 is 0 Å². The molecule has 1 amide bonds. The van der Waals surface area contributed by atoms with E-state index in [-0.39, 0.29) is 23.4 Å². The van der Waals surface area contributed by atoms with Crippen molar-refractivity contribution < 1.29 is 13.6 Å². The summed E-state index contributed by atoms with van der Waals surface area (Å²) in [5.41, 5.74) is 1.56. The number of rotatable bonds is 5. The Morgan fingerprint density at radius 2 is 1.94 bits per heavy atom. The second kappa shape index (κ2) is 9.21. The maximum atomic E-state index is 14.7. The number of aromatic nitrogens is 4. The summed E-state index contributed by atoms with van der Waals surface area (Å²) in [7, 11) is 0. The number of fused-ring (bicyclic) bond motifs is 1. The van der Waals surface area contributed by atoms with Crippen LogP contribution in [0.5, 0.6) is 0 Å². The molecule has 4 aromatic rings. The van der Waals surface area contributed by atoms with E-state index in [1.165, 1.54) is 24.3 Å². The number of carbonyl (C=O) groups is 1. The molecule has 8 nitrogen and oxygen atoms in total. The number of amides is 1. The largest absolute Gasteiger partial charge is 0.350 e. The lowest BCUT2D eigenvalue weighted by atomic mass is 10.0. The average molecular weight is 476 g/mol. The predicted octanol–water partition coefficient (Wildman–Crippen LogP) is 3.22. The minimum atomic E-state index is -0.613. The van der Waals surface area contributed by atoms with Crippen LogP contribution in [0.4, 0.5) is 14.7 Å². The number of H-pyrrole nitrogens is 1. The number of carbonyl (C=O) groups excluding carboxylic acids is 1. The van der Waals surface area contributed by atoms with E-state index >= 15 is 0 Å². The van der Waals surface area contributed by atoms with Crippen LogP contribution in [0.25, 0.3) is 10.8 Å². The Bertz CT molecular complexity index is 1470. The van der Waals surface area contributed by atoms with Gasteiger partial charge in [-0.3, -0.25) is 9.59 Å². The van der Waals surface area contributed by atoms with Crippen molar-refractivity contribution in [1.82, 2.24) is 25.1 Å². The van der Waals surface area contributed by atoms with Crippen LogP contribution in [0, 0.1) is 18.6 Å². The minimum Gasteiger partial charge on any atom is -0.350 e. The Labute approximate surface area is 199 Å². The molecule has 178 valence electrons. The van der Waals surface area contributed by atoms with Crippen molar-refractivity contribution in [3.05, 3.63) is 93.2 Å². The molecule has 3 heterocycles. The van der Waals surface area contributed by atoms with Crippen molar-refractivity contribution in [2.75, 3.05) is 18.4 Å². The van der Waals surface area contributed by atoms with Crippen molar-refractivity contribution in [3.8, 4) is 0 Å². The van der Waals surface area contributed by atoms with Crippen molar-refractivity contribution in [2.24, 2.45) is 0 Å². The zero-order chi connectivity index (χ0) is 24.5. The molecule has 2 N–H and O–H groups in total. The van der Waals surface area contributed by atoms with Gasteiger partial charge in [0.25, 0.3) is 11.5 Å². The van der Waals surface area contributed by atoms with Gasteiger partial charge in [0, 0.05) is 43.3 Å². The van der Waals surface area contributed by atoms with Crippen molar-refractivity contribution in [3.63, 3.8) is 0 Å². The molecule has 1 fully saturated rings. The topological polar surface area (TPSA) is 104 Å². The summed E-state index contributed by atoms with van der Waals surface area (Å²) in [6.45, 7) is 2.78. The fraction of sp³-hybridized carbons (Fsp3) is 0.240. The van der Waals surface area contributed by atoms with Crippen LogP contribution in [-0.2, 0) is 6.42 Å². The molecule has 1 saturated heterocycles. The lowest BCUT2D eigenvalue weighted by Gasteiger charge is -2.18. The van der Waals surface area contributed by atoms with Crippen molar-refractivity contribution >= 4 is 22.6 Å². The third kappa shape index (κ3) is 4.72. The van der Waals surface area contributed by atoms with Gasteiger partial charge < -0.3 is 10.2 Å². The summed E-state index contributed by atoms with van der Waals surface area (Å²) in [6.07, 6.45) is 4.35. The molecule has 2 aromatic carbocycles. The van der Waals surface area contributed by atoms with Crippen LogP contribution in [0.1, 0.15) is 33.6 Å².